The number of ether oxygens (including phenoxy) is 2. The van der Waals surface area contributed by atoms with Gasteiger partial charge >= 0.3 is 12.5 Å². The molecule has 13 heteroatoms. The molecular weight excluding hydrogens is 457 g/mol. The van der Waals surface area contributed by atoms with Crippen LogP contribution in [0.15, 0.2) is 36.5 Å². The van der Waals surface area contributed by atoms with Gasteiger partial charge in [0.15, 0.2) is 5.82 Å². The smallest absolute Gasteiger partial charge is 0.445 e. The van der Waals surface area contributed by atoms with Crippen LogP contribution in [0.25, 0.3) is 0 Å². The molecule has 0 spiro atoms. The van der Waals surface area contributed by atoms with Gasteiger partial charge in [-0.3, -0.25) is 10.2 Å². The summed E-state index contributed by atoms with van der Waals surface area (Å²) < 4.78 is 45.9. The Labute approximate surface area is 191 Å². The van der Waals surface area contributed by atoms with Crippen molar-refractivity contribution in [1.82, 2.24) is 20.3 Å². The number of fused-ring (bicyclic) bond motifs is 2. The van der Waals surface area contributed by atoms with E-state index in [2.05, 4.69) is 26.1 Å². The van der Waals surface area contributed by atoms with Gasteiger partial charge in [-0.1, -0.05) is 12.1 Å². The number of anilines is 2. The number of amides is 2. The van der Waals surface area contributed by atoms with E-state index in [0.29, 0.717) is 48.8 Å². The fourth-order valence-corrected chi connectivity index (χ4v) is 4.45. The van der Waals surface area contributed by atoms with Crippen LogP contribution in [0.2, 0.25) is 0 Å². The minimum atomic E-state index is -4.76. The van der Waals surface area contributed by atoms with Crippen LogP contribution in [0.5, 0.6) is 5.75 Å². The largest absolute Gasteiger partial charge is 0.573 e. The van der Waals surface area contributed by atoms with Gasteiger partial charge in [-0.15, -0.1) is 18.7 Å². The van der Waals surface area contributed by atoms with E-state index >= 15 is 0 Å². The standard InChI is InChI=1S/C21H21F3N6O4/c22-21(23,24)34-16-3-1-12(2-4-16)11-33-20(32)30-9-14-7-29(8-15(14)10-30)19(31)13-5-17-18(25-6-13)27-28-26-17/h1-6,14-15,26,28H,7-11H2,(H,25,27)/t14-,15-/m0/s1. The van der Waals surface area contributed by atoms with Crippen LogP contribution in [0.4, 0.5) is 29.5 Å². The van der Waals surface area contributed by atoms with Gasteiger partial charge in [0.05, 0.1) is 11.3 Å². The molecule has 0 radical (unpaired) electrons. The number of carbonyl (C=O) groups excluding carboxylic acids is 2. The van der Waals surface area contributed by atoms with Gasteiger partial charge < -0.3 is 24.7 Å². The maximum absolute atomic E-state index is 12.9. The summed E-state index contributed by atoms with van der Waals surface area (Å²) in [6, 6.07) is 6.89. The molecule has 180 valence electrons. The normalized spacial score (nSPS) is 20.9. The minimum absolute atomic E-state index is 0.0648. The fourth-order valence-electron chi connectivity index (χ4n) is 4.45. The first-order chi connectivity index (χ1) is 16.2. The quantitative estimate of drug-likeness (QED) is 0.616. The molecule has 0 aliphatic carbocycles. The Hall–Kier alpha value is -3.74. The molecule has 1 aromatic heterocycles. The Bertz CT molecular complexity index is 1080. The van der Waals surface area contributed by atoms with E-state index in [9.17, 15) is 22.8 Å². The van der Waals surface area contributed by atoms with E-state index in [1.807, 2.05) is 0 Å². The highest BCUT2D eigenvalue weighted by Gasteiger charge is 2.43. The highest BCUT2D eigenvalue weighted by Crippen LogP contribution is 2.33. The van der Waals surface area contributed by atoms with E-state index in [-0.39, 0.29) is 30.1 Å². The molecule has 0 saturated carbocycles. The zero-order valence-corrected chi connectivity index (χ0v) is 17.8. The van der Waals surface area contributed by atoms with Gasteiger partial charge in [0.1, 0.15) is 12.4 Å². The van der Waals surface area contributed by atoms with Crippen LogP contribution in [0, 0.1) is 11.8 Å². The number of hydrazine groups is 2. The number of carbonyl (C=O) groups is 2. The molecule has 5 rings (SSSR count). The summed E-state index contributed by atoms with van der Waals surface area (Å²) in [5, 5.41) is 0. The van der Waals surface area contributed by atoms with Crippen molar-refractivity contribution in [1.29, 1.82) is 0 Å². The van der Waals surface area contributed by atoms with Crippen molar-refractivity contribution in [3.8, 4) is 5.75 Å². The van der Waals surface area contributed by atoms with Crippen LogP contribution in [-0.2, 0) is 11.3 Å². The average Bonchev–Trinajstić information content (AvgIpc) is 3.51. The molecule has 3 aliphatic heterocycles. The monoisotopic (exact) mass is 478 g/mol. The van der Waals surface area contributed by atoms with Crippen molar-refractivity contribution in [2.24, 2.45) is 11.8 Å². The van der Waals surface area contributed by atoms with Crippen LogP contribution >= 0.6 is 0 Å². The lowest BCUT2D eigenvalue weighted by Gasteiger charge is -2.21. The van der Waals surface area contributed by atoms with Gasteiger partial charge in [-0.05, 0) is 23.8 Å². The van der Waals surface area contributed by atoms with Gasteiger partial charge in [-0.2, -0.15) is 0 Å². The Morgan fingerprint density at radius 3 is 2.38 bits per heavy atom. The van der Waals surface area contributed by atoms with E-state index in [0.717, 1.165) is 0 Å². The topological polar surface area (TPSA) is 108 Å². The zero-order valence-electron chi connectivity index (χ0n) is 17.8. The first-order valence-corrected chi connectivity index (χ1v) is 10.6. The van der Waals surface area contributed by atoms with Crippen LogP contribution in [0.3, 0.4) is 0 Å². The summed E-state index contributed by atoms with van der Waals surface area (Å²) in [5.41, 5.74) is 10.1. The second-order valence-electron chi connectivity index (χ2n) is 8.38. The number of nitrogens with zero attached hydrogens (tertiary/aromatic N) is 3. The number of pyridine rings is 1. The molecule has 2 aromatic rings. The number of rotatable bonds is 4. The van der Waals surface area contributed by atoms with Crippen molar-refractivity contribution in [2.45, 2.75) is 13.0 Å². The van der Waals surface area contributed by atoms with E-state index < -0.39 is 12.5 Å². The Morgan fingerprint density at radius 2 is 1.71 bits per heavy atom. The number of aromatic nitrogens is 1. The van der Waals surface area contributed by atoms with E-state index in [1.165, 1.54) is 30.5 Å². The van der Waals surface area contributed by atoms with Crippen LogP contribution in [0.1, 0.15) is 15.9 Å². The third-order valence-electron chi connectivity index (χ3n) is 6.06. The second kappa shape index (κ2) is 8.56. The molecular formula is C21H21F3N6O4. The predicted molar refractivity (Wildman–Crippen MR) is 112 cm³/mol. The fraction of sp³-hybridized carbons (Fsp3) is 0.381. The van der Waals surface area contributed by atoms with E-state index in [1.54, 1.807) is 15.9 Å². The van der Waals surface area contributed by atoms with Crippen LogP contribution in [-0.4, -0.2) is 59.3 Å². The lowest BCUT2D eigenvalue weighted by Crippen LogP contribution is -2.36. The van der Waals surface area contributed by atoms with Gasteiger partial charge in [0.2, 0.25) is 0 Å². The Morgan fingerprint density at radius 1 is 1.03 bits per heavy atom. The van der Waals surface area contributed by atoms with E-state index in [4.69, 9.17) is 4.74 Å². The summed E-state index contributed by atoms with van der Waals surface area (Å²) in [6.07, 6.45) is -3.72. The lowest BCUT2D eigenvalue weighted by atomic mass is 10.0. The molecule has 2 amide bonds. The molecule has 3 N–H and O–H groups in total. The van der Waals surface area contributed by atoms with Crippen molar-refractivity contribution >= 4 is 23.5 Å². The van der Waals surface area contributed by atoms with Crippen molar-refractivity contribution in [3.63, 3.8) is 0 Å². The van der Waals surface area contributed by atoms with Crippen molar-refractivity contribution < 1.29 is 32.2 Å². The van der Waals surface area contributed by atoms with Gasteiger partial charge in [0, 0.05) is 44.2 Å². The molecule has 10 nitrogen and oxygen atoms in total. The summed E-state index contributed by atoms with van der Waals surface area (Å²) >= 11 is 0. The number of likely N-dealkylation sites (tertiary alicyclic amines) is 2. The molecule has 4 heterocycles. The highest BCUT2D eigenvalue weighted by molar-refractivity contribution is 5.96. The predicted octanol–water partition coefficient (Wildman–Crippen LogP) is 2.58. The number of nitrogens with one attached hydrogen (secondary N) is 3. The summed E-state index contributed by atoms with van der Waals surface area (Å²) in [4.78, 5) is 33.0. The molecule has 2 fully saturated rings. The molecule has 0 bridgehead atoms. The third kappa shape index (κ3) is 4.64. The number of benzene rings is 1. The summed E-state index contributed by atoms with van der Waals surface area (Å²) in [6.45, 7) is 1.96. The Kier molecular flexibility index (Phi) is 5.55. The number of halogens is 3. The second-order valence-corrected chi connectivity index (χ2v) is 8.38. The molecule has 1 aromatic carbocycles. The molecule has 2 saturated heterocycles. The zero-order chi connectivity index (χ0) is 23.9. The Balaban J connectivity index is 1.10. The third-order valence-corrected chi connectivity index (χ3v) is 6.06. The van der Waals surface area contributed by atoms with Crippen molar-refractivity contribution in [2.75, 3.05) is 37.0 Å². The SMILES string of the molecule is O=C(OCc1ccc(OC(F)(F)F)cc1)N1C[C@@H]2CN(C(=O)c3cnc4c(c3)NNN4)C[C@H]2C1. The molecule has 2 atom stereocenters. The number of hydrogen-bond acceptors (Lipinski definition) is 8. The maximum atomic E-state index is 12.9. The summed E-state index contributed by atoms with van der Waals surface area (Å²) in [5.74, 6) is 0.479. The average molecular weight is 478 g/mol. The summed E-state index contributed by atoms with van der Waals surface area (Å²) in [7, 11) is 0. The highest BCUT2D eigenvalue weighted by atomic mass is 19.4. The number of hydrogen-bond donors (Lipinski definition) is 3. The maximum Gasteiger partial charge on any atom is 0.573 e. The lowest BCUT2D eigenvalue weighted by molar-refractivity contribution is -0.274. The number of alkyl halides is 3. The van der Waals surface area contributed by atoms with Gasteiger partial charge in [-0.25, -0.2) is 9.78 Å². The first-order valence-electron chi connectivity index (χ1n) is 10.6. The molecule has 3 aliphatic rings. The first kappa shape index (κ1) is 22.1. The van der Waals surface area contributed by atoms with Gasteiger partial charge in [0.25, 0.3) is 5.91 Å². The van der Waals surface area contributed by atoms with Crippen LogP contribution < -0.4 is 21.1 Å². The van der Waals surface area contributed by atoms with Crippen molar-refractivity contribution in [3.05, 3.63) is 47.7 Å². The minimum Gasteiger partial charge on any atom is -0.445 e. The molecule has 34 heavy (non-hydrogen) atoms. The molecule has 0 unspecified atom stereocenters.